The molecule has 0 N–H and O–H groups in total. The van der Waals surface area contributed by atoms with E-state index >= 15 is 0 Å². The Kier molecular flexibility index (Phi) is 2.83. The van der Waals surface area contributed by atoms with Crippen molar-refractivity contribution in [2.45, 2.75) is 20.3 Å². The van der Waals surface area contributed by atoms with Gasteiger partial charge in [0.05, 0.1) is 0 Å². The van der Waals surface area contributed by atoms with Crippen LogP contribution in [0.5, 0.6) is 0 Å². The van der Waals surface area contributed by atoms with Gasteiger partial charge in [-0.2, -0.15) is 0 Å². The smallest absolute Gasteiger partial charge is 0.336 e. The fourth-order valence-corrected chi connectivity index (χ4v) is 1.05. The maximum absolute atomic E-state index is 10.9. The van der Waals surface area contributed by atoms with Crippen molar-refractivity contribution in [3.8, 4) is 0 Å². The molecule has 0 aromatic carbocycles. The average molecular weight is 178 g/mol. The van der Waals surface area contributed by atoms with Gasteiger partial charge in [-0.05, 0) is 25.5 Å². The van der Waals surface area contributed by atoms with Crippen LogP contribution in [-0.4, -0.2) is 5.94 Å². The highest BCUT2D eigenvalue weighted by Crippen LogP contribution is 2.05. The quantitative estimate of drug-likeness (QED) is 0.640. The van der Waals surface area contributed by atoms with Crippen molar-refractivity contribution in [3.05, 3.63) is 39.4 Å². The van der Waals surface area contributed by atoms with Crippen LogP contribution in [0, 0.1) is 6.92 Å². The monoisotopic (exact) mass is 178 g/mol. The van der Waals surface area contributed by atoms with E-state index < -0.39 is 0 Å². The van der Waals surface area contributed by atoms with E-state index in [0.29, 0.717) is 17.8 Å². The minimum atomic E-state index is -0.381. The molecule has 0 aliphatic heterocycles. The van der Waals surface area contributed by atoms with Gasteiger partial charge in [0.1, 0.15) is 11.7 Å². The molecule has 0 amide bonds. The number of aryl methyl sites for hydroxylation is 1. The van der Waals surface area contributed by atoms with Crippen molar-refractivity contribution in [2.75, 3.05) is 0 Å². The van der Waals surface area contributed by atoms with Crippen molar-refractivity contribution in [2.24, 2.45) is 0 Å². The second-order valence-electron chi connectivity index (χ2n) is 2.98. The third-order valence-electron chi connectivity index (χ3n) is 1.58. The Bertz CT molecular complexity index is 408. The SMILES string of the molecule is CC(=C=O)Cc1cc(C)cc(=O)o1. The molecule has 3 nitrogen and oxygen atoms in total. The third-order valence-corrected chi connectivity index (χ3v) is 1.58. The molecule has 0 fully saturated rings. The molecule has 0 saturated carbocycles. The van der Waals surface area contributed by atoms with E-state index in [-0.39, 0.29) is 5.63 Å². The second-order valence-corrected chi connectivity index (χ2v) is 2.98. The normalized spacial score (nSPS) is 9.38. The molecule has 13 heavy (non-hydrogen) atoms. The third kappa shape index (κ3) is 2.73. The maximum atomic E-state index is 10.9. The minimum absolute atomic E-state index is 0.348. The molecule has 0 saturated heterocycles. The fourth-order valence-electron chi connectivity index (χ4n) is 1.05. The summed E-state index contributed by atoms with van der Waals surface area (Å²) >= 11 is 0. The molecule has 0 spiro atoms. The van der Waals surface area contributed by atoms with Gasteiger partial charge in [-0.1, -0.05) is 0 Å². The lowest BCUT2D eigenvalue weighted by Gasteiger charge is -1.97. The van der Waals surface area contributed by atoms with Crippen LogP contribution in [0.4, 0.5) is 0 Å². The van der Waals surface area contributed by atoms with E-state index in [9.17, 15) is 9.59 Å². The molecule has 1 rings (SSSR count). The standard InChI is InChI=1S/C10H10O3/c1-7-3-9(4-8(2)6-11)13-10(12)5-7/h3,5H,4H2,1-2H3. The highest BCUT2D eigenvalue weighted by molar-refractivity contribution is 5.52. The van der Waals surface area contributed by atoms with E-state index in [1.807, 2.05) is 0 Å². The van der Waals surface area contributed by atoms with E-state index in [1.165, 1.54) is 6.07 Å². The highest BCUT2D eigenvalue weighted by Gasteiger charge is 2.00. The number of rotatable bonds is 2. The van der Waals surface area contributed by atoms with Crippen LogP contribution in [0.1, 0.15) is 18.2 Å². The van der Waals surface area contributed by atoms with E-state index in [1.54, 1.807) is 25.9 Å². The summed E-state index contributed by atoms with van der Waals surface area (Å²) in [4.78, 5) is 21.1. The molecule has 0 aliphatic carbocycles. The summed E-state index contributed by atoms with van der Waals surface area (Å²) in [6.07, 6.45) is 0.348. The zero-order valence-corrected chi connectivity index (χ0v) is 7.59. The van der Waals surface area contributed by atoms with E-state index in [4.69, 9.17) is 4.42 Å². The number of hydrogen-bond acceptors (Lipinski definition) is 3. The van der Waals surface area contributed by atoms with Crippen LogP contribution >= 0.6 is 0 Å². The molecule has 1 aromatic rings. The van der Waals surface area contributed by atoms with Gasteiger partial charge in [0.25, 0.3) is 0 Å². The summed E-state index contributed by atoms with van der Waals surface area (Å²) in [6, 6.07) is 3.14. The van der Waals surface area contributed by atoms with Crippen LogP contribution in [0.3, 0.4) is 0 Å². The molecule has 0 unspecified atom stereocenters. The van der Waals surface area contributed by atoms with Gasteiger partial charge in [0, 0.05) is 18.1 Å². The summed E-state index contributed by atoms with van der Waals surface area (Å²) in [5, 5.41) is 0. The number of carbonyl (C=O) groups excluding carboxylic acids is 1. The Labute approximate surface area is 75.7 Å². The largest absolute Gasteiger partial charge is 0.428 e. The zero-order chi connectivity index (χ0) is 9.84. The highest BCUT2D eigenvalue weighted by atomic mass is 16.4. The first-order chi connectivity index (χ1) is 6.11. The van der Waals surface area contributed by atoms with Crippen LogP contribution < -0.4 is 5.63 Å². The lowest BCUT2D eigenvalue weighted by atomic mass is 10.1. The maximum Gasteiger partial charge on any atom is 0.336 e. The average Bonchev–Trinajstić information content (AvgIpc) is 2.02. The van der Waals surface area contributed by atoms with Crippen LogP contribution in [-0.2, 0) is 11.2 Å². The molecular formula is C10H10O3. The van der Waals surface area contributed by atoms with Crippen LogP contribution in [0.25, 0.3) is 0 Å². The molecular weight excluding hydrogens is 168 g/mol. The van der Waals surface area contributed by atoms with Gasteiger partial charge in [-0.15, -0.1) is 0 Å². The number of allylic oxidation sites excluding steroid dienone is 1. The summed E-state index contributed by atoms with van der Waals surface area (Å²) in [5.41, 5.74) is 0.979. The Balaban J connectivity index is 3.02. The van der Waals surface area contributed by atoms with Crippen molar-refractivity contribution < 1.29 is 9.21 Å². The van der Waals surface area contributed by atoms with Gasteiger partial charge in [-0.3, -0.25) is 0 Å². The van der Waals surface area contributed by atoms with E-state index in [2.05, 4.69) is 0 Å². The van der Waals surface area contributed by atoms with E-state index in [0.717, 1.165) is 5.56 Å². The summed E-state index contributed by atoms with van der Waals surface area (Å²) in [5.74, 6) is 2.26. The predicted molar refractivity (Wildman–Crippen MR) is 48.3 cm³/mol. The first-order valence-electron chi connectivity index (χ1n) is 3.93. The van der Waals surface area contributed by atoms with Gasteiger partial charge >= 0.3 is 5.63 Å². The van der Waals surface area contributed by atoms with Crippen molar-refractivity contribution in [1.29, 1.82) is 0 Å². The van der Waals surface area contributed by atoms with Gasteiger partial charge in [-0.25, -0.2) is 9.59 Å². The van der Waals surface area contributed by atoms with Gasteiger partial charge < -0.3 is 4.42 Å². The molecule has 3 heteroatoms. The van der Waals surface area contributed by atoms with Crippen molar-refractivity contribution in [3.63, 3.8) is 0 Å². The summed E-state index contributed by atoms with van der Waals surface area (Å²) in [6.45, 7) is 3.45. The van der Waals surface area contributed by atoms with Crippen molar-refractivity contribution >= 4 is 5.94 Å². The molecule has 0 aliphatic rings. The summed E-state index contributed by atoms with van der Waals surface area (Å²) < 4.78 is 4.88. The molecule has 1 aromatic heterocycles. The molecule has 1 heterocycles. The summed E-state index contributed by atoms with van der Waals surface area (Å²) in [7, 11) is 0. The van der Waals surface area contributed by atoms with Gasteiger partial charge in [0.2, 0.25) is 0 Å². The molecule has 68 valence electrons. The lowest BCUT2D eigenvalue weighted by Crippen LogP contribution is -2.01. The Morgan fingerprint density at radius 2 is 2.23 bits per heavy atom. The second kappa shape index (κ2) is 3.87. The zero-order valence-electron chi connectivity index (χ0n) is 7.59. The molecule has 0 bridgehead atoms. The first-order valence-corrected chi connectivity index (χ1v) is 3.93. The number of hydrogen-bond donors (Lipinski definition) is 0. The Hall–Kier alpha value is -1.60. The lowest BCUT2D eigenvalue weighted by molar-refractivity contribution is 0.466. The minimum Gasteiger partial charge on any atom is -0.428 e. The molecule has 0 atom stereocenters. The van der Waals surface area contributed by atoms with Crippen molar-refractivity contribution in [1.82, 2.24) is 0 Å². The fraction of sp³-hybridized carbons (Fsp3) is 0.300. The Morgan fingerprint density at radius 1 is 1.54 bits per heavy atom. The Morgan fingerprint density at radius 3 is 2.77 bits per heavy atom. The van der Waals surface area contributed by atoms with Crippen LogP contribution in [0.2, 0.25) is 0 Å². The molecule has 0 radical (unpaired) electrons. The van der Waals surface area contributed by atoms with Gasteiger partial charge in [0.15, 0.2) is 0 Å². The predicted octanol–water partition coefficient (Wildman–Crippen LogP) is 1.27. The first kappa shape index (κ1) is 9.49. The topological polar surface area (TPSA) is 47.3 Å². The van der Waals surface area contributed by atoms with Crippen LogP contribution in [0.15, 0.2) is 26.9 Å².